The van der Waals surface area contributed by atoms with E-state index in [9.17, 15) is 0 Å². The Morgan fingerprint density at radius 1 is 1.10 bits per heavy atom. The van der Waals surface area contributed by atoms with Crippen molar-refractivity contribution in [1.82, 2.24) is 14.5 Å². The monoisotopic (exact) mass is 280 g/mol. The van der Waals surface area contributed by atoms with E-state index in [0.29, 0.717) is 0 Å². The van der Waals surface area contributed by atoms with Crippen molar-refractivity contribution in [2.45, 2.75) is 32.9 Å². The first kappa shape index (κ1) is 13.6. The summed E-state index contributed by atoms with van der Waals surface area (Å²) < 4.78 is 2.17. The Morgan fingerprint density at radius 3 is 2.90 bits per heavy atom. The third kappa shape index (κ3) is 3.05. The number of imidazole rings is 1. The normalized spacial score (nSPS) is 10.9. The predicted molar refractivity (Wildman–Crippen MR) is 86.2 cm³/mol. The highest BCUT2D eigenvalue weighted by Crippen LogP contribution is 2.17. The molecule has 2 heterocycles. The first-order chi connectivity index (χ1) is 10.4. The standard InChI is InChI=1S/C17H20N4/c1-2-3-11-21-12-10-19-17(21)20-13-15-7-4-6-14-8-5-9-18-16(14)15/h4-10,12H,2-3,11,13H2,1H3,(H,19,20). The molecule has 0 saturated carbocycles. The van der Waals surface area contributed by atoms with Crippen LogP contribution in [0.1, 0.15) is 25.3 Å². The first-order valence-corrected chi connectivity index (χ1v) is 7.46. The Kier molecular flexibility index (Phi) is 4.15. The number of pyridine rings is 1. The van der Waals surface area contributed by atoms with E-state index >= 15 is 0 Å². The number of benzene rings is 1. The van der Waals surface area contributed by atoms with E-state index in [2.05, 4.69) is 51.0 Å². The molecule has 1 N–H and O–H groups in total. The molecule has 0 unspecified atom stereocenters. The molecule has 4 nitrogen and oxygen atoms in total. The molecule has 3 aromatic rings. The molecule has 1 aromatic carbocycles. The van der Waals surface area contributed by atoms with E-state index in [1.807, 2.05) is 24.7 Å². The predicted octanol–water partition coefficient (Wildman–Crippen LogP) is 3.84. The lowest BCUT2D eigenvalue weighted by molar-refractivity contribution is 0.635. The van der Waals surface area contributed by atoms with E-state index in [-0.39, 0.29) is 0 Å². The van der Waals surface area contributed by atoms with Gasteiger partial charge in [-0.1, -0.05) is 37.6 Å². The van der Waals surface area contributed by atoms with Gasteiger partial charge < -0.3 is 9.88 Å². The van der Waals surface area contributed by atoms with Gasteiger partial charge in [0.25, 0.3) is 0 Å². The Labute approximate surface area is 124 Å². The number of fused-ring (bicyclic) bond motifs is 1. The molecular formula is C17H20N4. The van der Waals surface area contributed by atoms with Crippen molar-refractivity contribution >= 4 is 16.9 Å². The van der Waals surface area contributed by atoms with Crippen LogP contribution in [0, 0.1) is 0 Å². The molecule has 2 aromatic heterocycles. The molecule has 0 spiro atoms. The van der Waals surface area contributed by atoms with Gasteiger partial charge in [-0.05, 0) is 18.1 Å². The summed E-state index contributed by atoms with van der Waals surface area (Å²) in [6.07, 6.45) is 8.07. The number of anilines is 1. The van der Waals surface area contributed by atoms with Gasteiger partial charge in [0.1, 0.15) is 0 Å². The van der Waals surface area contributed by atoms with Crippen molar-refractivity contribution in [3.8, 4) is 0 Å². The highest BCUT2D eigenvalue weighted by atomic mass is 15.2. The van der Waals surface area contributed by atoms with Crippen LogP contribution in [-0.2, 0) is 13.1 Å². The molecule has 0 aliphatic carbocycles. The maximum absolute atomic E-state index is 4.49. The minimum absolute atomic E-state index is 0.734. The number of para-hydroxylation sites is 1. The van der Waals surface area contributed by atoms with Gasteiger partial charge in [-0.2, -0.15) is 0 Å². The van der Waals surface area contributed by atoms with Crippen LogP contribution >= 0.6 is 0 Å². The Bertz CT molecular complexity index is 712. The average Bonchev–Trinajstić information content (AvgIpc) is 2.98. The van der Waals surface area contributed by atoms with E-state index < -0.39 is 0 Å². The molecular weight excluding hydrogens is 260 g/mol. The van der Waals surface area contributed by atoms with Crippen molar-refractivity contribution < 1.29 is 0 Å². The Morgan fingerprint density at radius 2 is 2.00 bits per heavy atom. The smallest absolute Gasteiger partial charge is 0.203 e. The van der Waals surface area contributed by atoms with Crippen molar-refractivity contribution in [3.05, 3.63) is 54.5 Å². The van der Waals surface area contributed by atoms with Gasteiger partial charge in [0.05, 0.1) is 5.52 Å². The summed E-state index contributed by atoms with van der Waals surface area (Å²) in [6, 6.07) is 10.3. The van der Waals surface area contributed by atoms with Gasteiger partial charge in [0.15, 0.2) is 0 Å². The topological polar surface area (TPSA) is 42.7 Å². The molecule has 0 aliphatic heterocycles. The fourth-order valence-electron chi connectivity index (χ4n) is 2.47. The van der Waals surface area contributed by atoms with Crippen LogP contribution in [0.2, 0.25) is 0 Å². The number of nitrogens with zero attached hydrogens (tertiary/aromatic N) is 3. The summed E-state index contributed by atoms with van der Waals surface area (Å²) in [7, 11) is 0. The number of nitrogens with one attached hydrogen (secondary N) is 1. The number of hydrogen-bond donors (Lipinski definition) is 1. The minimum Gasteiger partial charge on any atom is -0.351 e. The number of aromatic nitrogens is 3. The number of unbranched alkanes of at least 4 members (excludes halogenated alkanes) is 1. The van der Waals surface area contributed by atoms with E-state index in [4.69, 9.17) is 0 Å². The van der Waals surface area contributed by atoms with E-state index in [1.165, 1.54) is 23.8 Å². The molecule has 108 valence electrons. The molecule has 21 heavy (non-hydrogen) atoms. The molecule has 0 amide bonds. The summed E-state index contributed by atoms with van der Waals surface area (Å²) in [5, 5.41) is 4.59. The van der Waals surface area contributed by atoms with Gasteiger partial charge in [-0.3, -0.25) is 4.98 Å². The van der Waals surface area contributed by atoms with Gasteiger partial charge in [-0.15, -0.1) is 0 Å². The quantitative estimate of drug-likeness (QED) is 0.746. The van der Waals surface area contributed by atoms with Gasteiger partial charge in [0, 0.05) is 37.1 Å². The number of rotatable bonds is 6. The molecule has 0 aliphatic rings. The average molecular weight is 280 g/mol. The van der Waals surface area contributed by atoms with E-state index in [0.717, 1.165) is 24.6 Å². The maximum Gasteiger partial charge on any atom is 0.203 e. The molecule has 0 bridgehead atoms. The number of aryl methyl sites for hydroxylation is 1. The fourth-order valence-corrected chi connectivity index (χ4v) is 2.47. The largest absolute Gasteiger partial charge is 0.351 e. The van der Waals surface area contributed by atoms with Crippen LogP contribution in [0.4, 0.5) is 5.95 Å². The highest BCUT2D eigenvalue weighted by molar-refractivity contribution is 5.81. The molecule has 3 rings (SSSR count). The Hall–Kier alpha value is -2.36. The van der Waals surface area contributed by atoms with Gasteiger partial charge in [-0.25, -0.2) is 4.98 Å². The third-order valence-corrected chi connectivity index (χ3v) is 3.62. The van der Waals surface area contributed by atoms with E-state index in [1.54, 1.807) is 0 Å². The van der Waals surface area contributed by atoms with Crippen LogP contribution in [0.3, 0.4) is 0 Å². The fraction of sp³-hybridized carbons (Fsp3) is 0.294. The van der Waals surface area contributed by atoms with Crippen molar-refractivity contribution in [3.63, 3.8) is 0 Å². The van der Waals surface area contributed by atoms with Crippen LogP contribution in [0.15, 0.2) is 48.9 Å². The molecule has 0 saturated heterocycles. The highest BCUT2D eigenvalue weighted by Gasteiger charge is 2.05. The van der Waals surface area contributed by atoms with Crippen molar-refractivity contribution in [2.24, 2.45) is 0 Å². The zero-order chi connectivity index (χ0) is 14.5. The van der Waals surface area contributed by atoms with Crippen molar-refractivity contribution in [1.29, 1.82) is 0 Å². The lowest BCUT2D eigenvalue weighted by Gasteiger charge is -2.10. The number of hydrogen-bond acceptors (Lipinski definition) is 3. The summed E-state index contributed by atoms with van der Waals surface area (Å²) in [5.74, 6) is 0.927. The maximum atomic E-state index is 4.49. The summed E-state index contributed by atoms with van der Waals surface area (Å²) >= 11 is 0. The van der Waals surface area contributed by atoms with Gasteiger partial charge >= 0.3 is 0 Å². The zero-order valence-electron chi connectivity index (χ0n) is 12.3. The summed E-state index contributed by atoms with van der Waals surface area (Å²) in [6.45, 7) is 3.94. The van der Waals surface area contributed by atoms with Crippen LogP contribution in [0.5, 0.6) is 0 Å². The molecule has 4 heteroatoms. The zero-order valence-corrected chi connectivity index (χ0v) is 12.3. The molecule has 0 fully saturated rings. The lowest BCUT2D eigenvalue weighted by Crippen LogP contribution is -2.08. The second-order valence-corrected chi connectivity index (χ2v) is 5.14. The van der Waals surface area contributed by atoms with Crippen LogP contribution in [-0.4, -0.2) is 14.5 Å². The second kappa shape index (κ2) is 6.39. The lowest BCUT2D eigenvalue weighted by atomic mass is 10.1. The SMILES string of the molecule is CCCCn1ccnc1NCc1cccc2cccnc12. The third-order valence-electron chi connectivity index (χ3n) is 3.62. The Balaban J connectivity index is 1.76. The van der Waals surface area contributed by atoms with Crippen LogP contribution in [0.25, 0.3) is 10.9 Å². The second-order valence-electron chi connectivity index (χ2n) is 5.14. The van der Waals surface area contributed by atoms with Crippen molar-refractivity contribution in [2.75, 3.05) is 5.32 Å². The molecule has 0 radical (unpaired) electrons. The first-order valence-electron chi connectivity index (χ1n) is 7.46. The summed E-state index contributed by atoms with van der Waals surface area (Å²) in [4.78, 5) is 8.88. The van der Waals surface area contributed by atoms with Gasteiger partial charge in [0.2, 0.25) is 5.95 Å². The molecule has 0 atom stereocenters. The minimum atomic E-state index is 0.734. The van der Waals surface area contributed by atoms with Crippen LogP contribution < -0.4 is 5.32 Å². The summed E-state index contributed by atoms with van der Waals surface area (Å²) in [5.41, 5.74) is 2.25.